The van der Waals surface area contributed by atoms with Crippen LogP contribution in [0.25, 0.3) is 0 Å². The van der Waals surface area contributed by atoms with E-state index in [4.69, 9.17) is 11.6 Å². The summed E-state index contributed by atoms with van der Waals surface area (Å²) in [6, 6.07) is 10.5. The predicted octanol–water partition coefficient (Wildman–Crippen LogP) is 3.24. The summed E-state index contributed by atoms with van der Waals surface area (Å²) in [4.78, 5) is 21.0. The molecule has 8 nitrogen and oxygen atoms in total. The molecule has 0 unspecified atom stereocenters. The van der Waals surface area contributed by atoms with Gasteiger partial charge in [-0.1, -0.05) is 23.7 Å². The third-order valence-electron chi connectivity index (χ3n) is 3.25. The number of hydroxylamine groups is 1. The van der Waals surface area contributed by atoms with Crippen LogP contribution in [0.2, 0.25) is 5.02 Å². The van der Waals surface area contributed by atoms with Gasteiger partial charge in [-0.2, -0.15) is 5.10 Å². The SMILES string of the molecule is CONC(=O)c1ccccc1Nc1cc(Nc2ccn[nH]2)ncc1Cl. The highest BCUT2D eigenvalue weighted by molar-refractivity contribution is 6.33. The average molecular weight is 359 g/mol. The Morgan fingerprint density at radius 2 is 2.04 bits per heavy atom. The minimum Gasteiger partial charge on any atom is -0.353 e. The van der Waals surface area contributed by atoms with Crippen molar-refractivity contribution in [3.8, 4) is 0 Å². The average Bonchev–Trinajstić information content (AvgIpc) is 3.11. The fourth-order valence-electron chi connectivity index (χ4n) is 2.15. The first kappa shape index (κ1) is 16.7. The van der Waals surface area contributed by atoms with Gasteiger partial charge in [-0.3, -0.25) is 14.7 Å². The van der Waals surface area contributed by atoms with Crippen molar-refractivity contribution in [3.05, 3.63) is 59.4 Å². The molecule has 0 spiro atoms. The number of H-pyrrole nitrogens is 1. The van der Waals surface area contributed by atoms with Crippen molar-refractivity contribution in [2.24, 2.45) is 0 Å². The van der Waals surface area contributed by atoms with E-state index in [0.717, 1.165) is 0 Å². The number of aromatic nitrogens is 3. The van der Waals surface area contributed by atoms with Crippen molar-refractivity contribution in [1.82, 2.24) is 20.7 Å². The highest BCUT2D eigenvalue weighted by Crippen LogP contribution is 2.29. The Kier molecular flexibility index (Phi) is 5.12. The second kappa shape index (κ2) is 7.65. The zero-order valence-corrected chi connectivity index (χ0v) is 14.0. The Hall–Kier alpha value is -3.10. The van der Waals surface area contributed by atoms with Gasteiger partial charge in [0, 0.05) is 12.1 Å². The van der Waals surface area contributed by atoms with Crippen LogP contribution in [0.3, 0.4) is 0 Å². The van der Waals surface area contributed by atoms with Crippen LogP contribution in [-0.2, 0) is 4.84 Å². The molecule has 0 saturated heterocycles. The van der Waals surface area contributed by atoms with Crippen molar-refractivity contribution >= 4 is 40.5 Å². The summed E-state index contributed by atoms with van der Waals surface area (Å²) in [6.07, 6.45) is 3.14. The molecule has 0 saturated carbocycles. The van der Waals surface area contributed by atoms with E-state index in [1.54, 1.807) is 36.5 Å². The largest absolute Gasteiger partial charge is 0.353 e. The normalized spacial score (nSPS) is 10.3. The number of aromatic amines is 1. The van der Waals surface area contributed by atoms with Crippen LogP contribution in [0.4, 0.5) is 23.0 Å². The number of amides is 1. The molecule has 0 aliphatic rings. The number of rotatable bonds is 6. The number of nitrogens with one attached hydrogen (secondary N) is 4. The first-order chi connectivity index (χ1) is 12.2. The lowest BCUT2D eigenvalue weighted by Crippen LogP contribution is -2.22. The van der Waals surface area contributed by atoms with E-state index in [1.165, 1.54) is 13.3 Å². The molecule has 2 heterocycles. The number of carbonyl (C=O) groups is 1. The lowest BCUT2D eigenvalue weighted by Gasteiger charge is -2.13. The topological polar surface area (TPSA) is 104 Å². The molecule has 128 valence electrons. The number of hydrogen-bond donors (Lipinski definition) is 4. The van der Waals surface area contributed by atoms with E-state index in [9.17, 15) is 4.79 Å². The fourth-order valence-corrected chi connectivity index (χ4v) is 2.30. The maximum Gasteiger partial charge on any atom is 0.276 e. The Labute approximate surface area is 148 Å². The molecule has 0 radical (unpaired) electrons. The van der Waals surface area contributed by atoms with E-state index in [-0.39, 0.29) is 5.91 Å². The molecule has 3 aromatic rings. The maximum absolute atomic E-state index is 12.1. The fraction of sp³-hybridized carbons (Fsp3) is 0.0625. The van der Waals surface area contributed by atoms with E-state index >= 15 is 0 Å². The molecular formula is C16H15ClN6O2. The van der Waals surface area contributed by atoms with Crippen LogP contribution in [0, 0.1) is 0 Å². The quantitative estimate of drug-likeness (QED) is 0.504. The van der Waals surface area contributed by atoms with Gasteiger partial charge in [0.1, 0.15) is 11.6 Å². The summed E-state index contributed by atoms with van der Waals surface area (Å²) >= 11 is 6.22. The van der Waals surface area contributed by atoms with Crippen molar-refractivity contribution in [2.45, 2.75) is 0 Å². The molecule has 1 amide bonds. The predicted molar refractivity (Wildman–Crippen MR) is 95.3 cm³/mol. The van der Waals surface area contributed by atoms with Gasteiger partial charge in [0.15, 0.2) is 0 Å². The first-order valence-electron chi connectivity index (χ1n) is 7.28. The zero-order chi connectivity index (χ0) is 17.6. The van der Waals surface area contributed by atoms with E-state index in [2.05, 4.69) is 36.1 Å². The van der Waals surface area contributed by atoms with Crippen molar-refractivity contribution in [2.75, 3.05) is 17.7 Å². The number of benzene rings is 1. The Balaban J connectivity index is 1.87. The minimum absolute atomic E-state index is 0.369. The second-order valence-electron chi connectivity index (χ2n) is 4.95. The first-order valence-corrected chi connectivity index (χ1v) is 7.66. The molecule has 4 N–H and O–H groups in total. The molecule has 0 fully saturated rings. The second-order valence-corrected chi connectivity index (χ2v) is 5.36. The zero-order valence-electron chi connectivity index (χ0n) is 13.2. The van der Waals surface area contributed by atoms with Gasteiger partial charge in [-0.15, -0.1) is 0 Å². The molecule has 25 heavy (non-hydrogen) atoms. The third kappa shape index (κ3) is 4.06. The van der Waals surface area contributed by atoms with Gasteiger partial charge >= 0.3 is 0 Å². The van der Waals surface area contributed by atoms with Gasteiger partial charge in [0.2, 0.25) is 0 Å². The van der Waals surface area contributed by atoms with Crippen LogP contribution >= 0.6 is 11.6 Å². The van der Waals surface area contributed by atoms with Crippen LogP contribution in [-0.4, -0.2) is 28.2 Å². The lowest BCUT2D eigenvalue weighted by atomic mass is 10.1. The van der Waals surface area contributed by atoms with Crippen LogP contribution in [0.5, 0.6) is 0 Å². The monoisotopic (exact) mass is 358 g/mol. The van der Waals surface area contributed by atoms with Crippen LogP contribution in [0.15, 0.2) is 48.8 Å². The van der Waals surface area contributed by atoms with Gasteiger partial charge < -0.3 is 10.6 Å². The molecule has 0 atom stereocenters. The van der Waals surface area contributed by atoms with Crippen molar-refractivity contribution in [1.29, 1.82) is 0 Å². The molecular weight excluding hydrogens is 344 g/mol. The number of anilines is 4. The Bertz CT molecular complexity index is 869. The number of nitrogens with zero attached hydrogens (tertiary/aromatic N) is 2. The van der Waals surface area contributed by atoms with E-state index in [0.29, 0.717) is 33.6 Å². The summed E-state index contributed by atoms with van der Waals surface area (Å²) in [5, 5.41) is 13.3. The van der Waals surface area contributed by atoms with E-state index in [1.807, 2.05) is 6.07 Å². The van der Waals surface area contributed by atoms with Gasteiger partial charge in [0.05, 0.1) is 41.5 Å². The molecule has 3 rings (SSSR count). The summed E-state index contributed by atoms with van der Waals surface area (Å²) in [7, 11) is 1.38. The van der Waals surface area contributed by atoms with Gasteiger partial charge in [0.25, 0.3) is 5.91 Å². The maximum atomic E-state index is 12.1. The number of halogens is 1. The summed E-state index contributed by atoms with van der Waals surface area (Å²) < 4.78 is 0. The van der Waals surface area contributed by atoms with Gasteiger partial charge in [-0.25, -0.2) is 10.5 Å². The lowest BCUT2D eigenvalue weighted by molar-refractivity contribution is 0.0538. The molecule has 2 aromatic heterocycles. The molecule has 9 heteroatoms. The van der Waals surface area contributed by atoms with Crippen LogP contribution in [0.1, 0.15) is 10.4 Å². The number of hydrogen-bond acceptors (Lipinski definition) is 6. The number of pyridine rings is 1. The van der Waals surface area contributed by atoms with E-state index < -0.39 is 0 Å². The molecule has 0 bridgehead atoms. The third-order valence-corrected chi connectivity index (χ3v) is 3.56. The smallest absolute Gasteiger partial charge is 0.276 e. The molecule has 0 aliphatic carbocycles. The standard InChI is InChI=1S/C16H15ClN6O2/c1-25-23-16(24)10-4-2-3-5-12(10)20-13-8-15(18-9-11(13)17)21-14-6-7-19-22-14/h2-9H,1H3,(H,23,24)(H3,18,19,20,21,22). The number of para-hydroxylation sites is 1. The minimum atomic E-state index is -0.369. The van der Waals surface area contributed by atoms with Crippen LogP contribution < -0.4 is 16.1 Å². The molecule has 1 aromatic carbocycles. The number of carbonyl (C=O) groups excluding carboxylic acids is 1. The summed E-state index contributed by atoms with van der Waals surface area (Å²) in [5.74, 6) is 0.891. The van der Waals surface area contributed by atoms with Crippen molar-refractivity contribution in [3.63, 3.8) is 0 Å². The Morgan fingerprint density at radius 3 is 2.80 bits per heavy atom. The summed E-state index contributed by atoms with van der Waals surface area (Å²) in [5.41, 5.74) is 3.89. The van der Waals surface area contributed by atoms with Crippen molar-refractivity contribution < 1.29 is 9.63 Å². The molecule has 0 aliphatic heterocycles. The summed E-state index contributed by atoms with van der Waals surface area (Å²) in [6.45, 7) is 0. The highest BCUT2D eigenvalue weighted by atomic mass is 35.5. The highest BCUT2D eigenvalue weighted by Gasteiger charge is 2.12. The Morgan fingerprint density at radius 1 is 1.20 bits per heavy atom. The van der Waals surface area contributed by atoms with Gasteiger partial charge in [-0.05, 0) is 12.1 Å².